The lowest BCUT2D eigenvalue weighted by Crippen LogP contribution is -2.27. The van der Waals surface area contributed by atoms with Gasteiger partial charge >= 0.3 is 18.3 Å². The molecule has 2 saturated carbocycles. The normalized spacial score (nSPS) is 22.0. The summed E-state index contributed by atoms with van der Waals surface area (Å²) in [6.07, 6.45) is -9.05. The predicted octanol–water partition coefficient (Wildman–Crippen LogP) is 3.51. The first-order chi connectivity index (χ1) is 9.39. The fourth-order valence-electron chi connectivity index (χ4n) is 2.04. The highest BCUT2D eigenvalue weighted by molar-refractivity contribution is 5.68. The Labute approximate surface area is 116 Å². The van der Waals surface area contributed by atoms with Gasteiger partial charge in [-0.3, -0.25) is 4.79 Å². The molecule has 0 aromatic carbocycles. The van der Waals surface area contributed by atoms with Crippen LogP contribution in [0.5, 0.6) is 0 Å². The number of hydrogen-bond acceptors (Lipinski definition) is 2. The monoisotopic (exact) mass is 322 g/mol. The summed E-state index contributed by atoms with van der Waals surface area (Å²) in [5.41, 5.74) is -3.40. The van der Waals surface area contributed by atoms with E-state index in [0.29, 0.717) is 0 Å². The van der Waals surface area contributed by atoms with Gasteiger partial charge in [-0.05, 0) is 32.1 Å². The molecule has 2 fully saturated rings. The van der Waals surface area contributed by atoms with Gasteiger partial charge in [0.2, 0.25) is 0 Å². The molecule has 0 spiro atoms. The average Bonchev–Trinajstić information content (AvgIpc) is 3.10. The highest BCUT2D eigenvalue weighted by Crippen LogP contribution is 2.60. The maximum Gasteiger partial charge on any atom is 0.395 e. The van der Waals surface area contributed by atoms with Gasteiger partial charge in [-0.25, -0.2) is 0 Å². The molecule has 0 amide bonds. The summed E-state index contributed by atoms with van der Waals surface area (Å²) in [6, 6.07) is 0. The van der Waals surface area contributed by atoms with Gasteiger partial charge in [-0.2, -0.15) is 26.3 Å². The second-order valence-electron chi connectivity index (χ2n) is 5.60. The lowest BCUT2D eigenvalue weighted by molar-refractivity contribution is -0.193. The fourth-order valence-corrected chi connectivity index (χ4v) is 2.04. The minimum atomic E-state index is -4.34. The van der Waals surface area contributed by atoms with E-state index < -0.39 is 35.6 Å². The average molecular weight is 322 g/mol. The molecule has 2 rings (SSSR count). The third kappa shape index (κ3) is 4.24. The van der Waals surface area contributed by atoms with Crippen molar-refractivity contribution < 1.29 is 41.4 Å². The van der Waals surface area contributed by atoms with Gasteiger partial charge in [0.05, 0.1) is 17.3 Å². The van der Waals surface area contributed by atoms with E-state index in [2.05, 4.69) is 0 Å². The van der Waals surface area contributed by atoms with E-state index >= 15 is 0 Å². The minimum absolute atomic E-state index is 0.0389. The Bertz CT molecular complexity index is 379. The van der Waals surface area contributed by atoms with Gasteiger partial charge in [0, 0.05) is 6.61 Å². The third-order valence-electron chi connectivity index (χ3n) is 3.99. The van der Waals surface area contributed by atoms with E-state index in [1.807, 2.05) is 0 Å². The van der Waals surface area contributed by atoms with Gasteiger partial charge in [-0.15, -0.1) is 0 Å². The largest absolute Gasteiger partial charge is 0.481 e. The summed E-state index contributed by atoms with van der Waals surface area (Å²) in [6.45, 7) is -0.362. The molecule has 0 radical (unpaired) electrons. The minimum Gasteiger partial charge on any atom is -0.481 e. The van der Waals surface area contributed by atoms with E-state index in [9.17, 15) is 31.1 Å². The molecular formula is C12H16F6O3. The zero-order valence-corrected chi connectivity index (χ0v) is 11.0. The van der Waals surface area contributed by atoms with E-state index in [4.69, 9.17) is 10.2 Å². The Morgan fingerprint density at radius 1 is 0.905 bits per heavy atom. The summed E-state index contributed by atoms with van der Waals surface area (Å²) in [5, 5.41) is 16.5. The van der Waals surface area contributed by atoms with Crippen molar-refractivity contribution in [2.75, 3.05) is 6.61 Å². The number of carboxylic acid groups (broad SMARTS) is 1. The number of carboxylic acids is 1. The van der Waals surface area contributed by atoms with Crippen LogP contribution in [0.25, 0.3) is 0 Å². The van der Waals surface area contributed by atoms with Crippen LogP contribution in [0.4, 0.5) is 26.3 Å². The smallest absolute Gasteiger partial charge is 0.395 e. The molecule has 2 aliphatic rings. The Morgan fingerprint density at radius 2 is 1.29 bits per heavy atom. The summed E-state index contributed by atoms with van der Waals surface area (Å²) < 4.78 is 71.9. The fraction of sp³-hybridized carbons (Fsp3) is 0.917. The molecule has 0 aromatic heterocycles. The Hall–Kier alpha value is -0.990. The topological polar surface area (TPSA) is 57.5 Å². The van der Waals surface area contributed by atoms with Crippen LogP contribution in [0.1, 0.15) is 38.5 Å². The summed E-state index contributed by atoms with van der Waals surface area (Å²) in [7, 11) is 0. The van der Waals surface area contributed by atoms with Crippen molar-refractivity contribution in [2.24, 2.45) is 10.8 Å². The van der Waals surface area contributed by atoms with Crippen molar-refractivity contribution in [1.82, 2.24) is 0 Å². The first-order valence-electron chi connectivity index (χ1n) is 6.35. The van der Waals surface area contributed by atoms with Crippen LogP contribution in [0.3, 0.4) is 0 Å². The highest BCUT2D eigenvalue weighted by Gasteiger charge is 2.64. The van der Waals surface area contributed by atoms with Crippen molar-refractivity contribution in [1.29, 1.82) is 0 Å². The maximum atomic E-state index is 12.0. The molecular weight excluding hydrogens is 306 g/mol. The number of aliphatic hydroxyl groups excluding tert-OH is 1. The van der Waals surface area contributed by atoms with Crippen LogP contribution in [-0.2, 0) is 4.79 Å². The lowest BCUT2D eigenvalue weighted by atomic mass is 10.0. The van der Waals surface area contributed by atoms with Gasteiger partial charge in [0.15, 0.2) is 0 Å². The molecule has 9 heteroatoms. The van der Waals surface area contributed by atoms with Crippen molar-refractivity contribution in [2.45, 2.75) is 50.9 Å². The molecule has 0 aromatic rings. The third-order valence-corrected chi connectivity index (χ3v) is 3.99. The highest BCUT2D eigenvalue weighted by atomic mass is 19.4. The van der Waals surface area contributed by atoms with Gasteiger partial charge in [-0.1, -0.05) is 0 Å². The van der Waals surface area contributed by atoms with Gasteiger partial charge in [0.1, 0.15) is 0 Å². The number of aliphatic hydroxyl groups is 1. The number of rotatable bonds is 4. The predicted molar refractivity (Wildman–Crippen MR) is 59.4 cm³/mol. The second kappa shape index (κ2) is 5.66. The van der Waals surface area contributed by atoms with Gasteiger partial charge in [0.25, 0.3) is 0 Å². The van der Waals surface area contributed by atoms with Gasteiger partial charge < -0.3 is 10.2 Å². The van der Waals surface area contributed by atoms with Crippen molar-refractivity contribution >= 4 is 5.97 Å². The van der Waals surface area contributed by atoms with Crippen LogP contribution in [-0.4, -0.2) is 35.1 Å². The summed E-state index contributed by atoms with van der Waals surface area (Å²) in [5.74, 6) is -1.38. The number of aliphatic carboxylic acids is 1. The molecule has 124 valence electrons. The second-order valence-corrected chi connectivity index (χ2v) is 5.60. The van der Waals surface area contributed by atoms with E-state index in [-0.39, 0.29) is 38.7 Å². The zero-order valence-electron chi connectivity index (χ0n) is 11.0. The molecule has 2 aliphatic carbocycles. The summed E-state index contributed by atoms with van der Waals surface area (Å²) >= 11 is 0. The quantitative estimate of drug-likeness (QED) is 0.779. The van der Waals surface area contributed by atoms with E-state index in [0.717, 1.165) is 0 Å². The van der Waals surface area contributed by atoms with Crippen LogP contribution in [0.2, 0.25) is 0 Å². The lowest BCUT2D eigenvalue weighted by Gasteiger charge is -2.16. The molecule has 0 unspecified atom stereocenters. The van der Waals surface area contributed by atoms with Crippen molar-refractivity contribution in [3.63, 3.8) is 0 Å². The summed E-state index contributed by atoms with van der Waals surface area (Å²) in [4.78, 5) is 10.0. The first kappa shape index (κ1) is 18.1. The maximum absolute atomic E-state index is 12.0. The Balaban J connectivity index is 0.000000211. The van der Waals surface area contributed by atoms with Crippen molar-refractivity contribution in [3.05, 3.63) is 0 Å². The molecule has 0 aliphatic heterocycles. The molecule has 3 nitrogen and oxygen atoms in total. The van der Waals surface area contributed by atoms with Crippen LogP contribution in [0, 0.1) is 10.8 Å². The molecule has 21 heavy (non-hydrogen) atoms. The van der Waals surface area contributed by atoms with Crippen LogP contribution < -0.4 is 0 Å². The Kier molecular flexibility index (Phi) is 4.87. The number of alkyl halides is 6. The molecule has 0 saturated heterocycles. The van der Waals surface area contributed by atoms with E-state index in [1.165, 1.54) is 0 Å². The molecule has 0 heterocycles. The van der Waals surface area contributed by atoms with E-state index in [1.54, 1.807) is 0 Å². The Morgan fingerprint density at radius 3 is 1.38 bits per heavy atom. The number of hydrogen-bond donors (Lipinski definition) is 2. The van der Waals surface area contributed by atoms with Crippen molar-refractivity contribution in [3.8, 4) is 0 Å². The van der Waals surface area contributed by atoms with Crippen LogP contribution in [0.15, 0.2) is 0 Å². The molecule has 0 atom stereocenters. The molecule has 0 bridgehead atoms. The number of halogens is 6. The zero-order chi connectivity index (χ0) is 16.5. The number of carbonyl (C=O) groups is 1. The SMILES string of the molecule is O=C(O)CC1(C(F)(F)F)CC1.OCCC1(C(F)(F)F)CC1. The van der Waals surface area contributed by atoms with Crippen LogP contribution >= 0.6 is 0 Å². The first-order valence-corrected chi connectivity index (χ1v) is 6.35. The standard InChI is InChI=1S/C6H7F3O2.C6H9F3O/c7-6(8,9)5(1-2-5)3-4(10)11;7-6(8,9)5(1-2-5)3-4-10/h1-3H2,(H,10,11);10H,1-4H2. The molecule has 2 N–H and O–H groups in total.